The van der Waals surface area contributed by atoms with E-state index in [1.165, 1.54) is 13.2 Å². The number of benzene rings is 1. The molecule has 1 aliphatic heterocycles. The molecule has 0 radical (unpaired) electrons. The molecule has 0 N–H and O–H groups in total. The minimum Gasteiger partial charge on any atom is -0.378 e. The summed E-state index contributed by atoms with van der Waals surface area (Å²) in [6.07, 6.45) is 0.377. The van der Waals surface area contributed by atoms with Crippen molar-refractivity contribution in [3.05, 3.63) is 52.7 Å². The number of carbonyl (C=O) groups is 1. The van der Waals surface area contributed by atoms with E-state index in [2.05, 4.69) is 4.90 Å². The third kappa shape index (κ3) is 5.57. The van der Waals surface area contributed by atoms with Gasteiger partial charge in [-0.25, -0.2) is 14.4 Å². The fourth-order valence-electron chi connectivity index (χ4n) is 3.71. The number of amides is 1. The Balaban J connectivity index is 1.97. The summed E-state index contributed by atoms with van der Waals surface area (Å²) in [7, 11) is 3.15. The van der Waals surface area contributed by atoms with E-state index in [4.69, 9.17) is 19.4 Å². The quantitative estimate of drug-likeness (QED) is 0.642. The summed E-state index contributed by atoms with van der Waals surface area (Å²) in [6.45, 7) is 6.96. The predicted octanol–water partition coefficient (Wildman–Crippen LogP) is 2.77. The van der Waals surface area contributed by atoms with E-state index in [9.17, 15) is 9.18 Å². The van der Waals surface area contributed by atoms with Gasteiger partial charge in [0.15, 0.2) is 0 Å². The minimum absolute atomic E-state index is 0.0145. The van der Waals surface area contributed by atoms with Crippen LogP contribution >= 0.6 is 0 Å². The number of carbonyl (C=O) groups excluding carboxylic acids is 1. The van der Waals surface area contributed by atoms with Gasteiger partial charge in [-0.1, -0.05) is 32.0 Å². The lowest BCUT2D eigenvalue weighted by Crippen LogP contribution is -2.50. The Morgan fingerprint density at radius 3 is 2.42 bits per heavy atom. The van der Waals surface area contributed by atoms with Gasteiger partial charge in [-0.05, 0) is 11.6 Å². The maximum Gasteiger partial charge on any atom is 0.248 e. The third-order valence-electron chi connectivity index (χ3n) is 5.41. The van der Waals surface area contributed by atoms with Crippen molar-refractivity contribution < 1.29 is 18.7 Å². The highest BCUT2D eigenvalue weighted by Crippen LogP contribution is 2.28. The van der Waals surface area contributed by atoms with Gasteiger partial charge in [-0.3, -0.25) is 4.79 Å². The predicted molar refractivity (Wildman–Crippen MR) is 117 cm³/mol. The zero-order valence-electron chi connectivity index (χ0n) is 18.7. The van der Waals surface area contributed by atoms with Crippen LogP contribution in [0.5, 0.6) is 0 Å². The molecule has 0 saturated carbocycles. The van der Waals surface area contributed by atoms with Crippen molar-refractivity contribution in [1.29, 1.82) is 0 Å². The van der Waals surface area contributed by atoms with Crippen LogP contribution in [0.15, 0.2) is 24.3 Å². The number of nitrogens with zero attached hydrogens (tertiary/aromatic N) is 4. The van der Waals surface area contributed by atoms with E-state index in [0.29, 0.717) is 44.8 Å². The van der Waals surface area contributed by atoms with Crippen molar-refractivity contribution in [2.45, 2.75) is 32.8 Å². The zero-order valence-corrected chi connectivity index (χ0v) is 18.7. The van der Waals surface area contributed by atoms with Gasteiger partial charge in [0.25, 0.3) is 0 Å². The van der Waals surface area contributed by atoms with Crippen molar-refractivity contribution in [2.24, 2.45) is 0 Å². The number of methoxy groups -OCH3 is 2. The maximum absolute atomic E-state index is 14.4. The molecular weight excluding hydrogens is 399 g/mol. The summed E-state index contributed by atoms with van der Waals surface area (Å²) >= 11 is 0. The molecule has 2 heterocycles. The minimum atomic E-state index is -0.250. The molecule has 1 aromatic carbocycles. The number of hydrogen-bond acceptors (Lipinski definition) is 6. The first-order valence-corrected chi connectivity index (χ1v) is 10.6. The van der Waals surface area contributed by atoms with Crippen molar-refractivity contribution in [3.63, 3.8) is 0 Å². The molecule has 7 nitrogen and oxygen atoms in total. The van der Waals surface area contributed by atoms with Gasteiger partial charge < -0.3 is 19.3 Å². The van der Waals surface area contributed by atoms with E-state index in [1.807, 2.05) is 19.9 Å². The third-order valence-corrected chi connectivity index (χ3v) is 5.41. The number of rotatable bonds is 8. The van der Waals surface area contributed by atoms with E-state index in [-0.39, 0.29) is 24.2 Å². The molecule has 168 valence electrons. The summed E-state index contributed by atoms with van der Waals surface area (Å²) in [5.41, 5.74) is 2.24. The summed E-state index contributed by atoms with van der Waals surface area (Å²) in [5.74, 6) is 1.41. The Labute approximate surface area is 183 Å². The summed E-state index contributed by atoms with van der Waals surface area (Å²) in [4.78, 5) is 25.8. The zero-order chi connectivity index (χ0) is 22.4. The van der Waals surface area contributed by atoms with Crippen LogP contribution in [0.2, 0.25) is 0 Å². The Morgan fingerprint density at radius 1 is 1.10 bits per heavy atom. The van der Waals surface area contributed by atoms with Gasteiger partial charge in [-0.15, -0.1) is 0 Å². The first-order chi connectivity index (χ1) is 14.9. The number of hydrogen-bond donors (Lipinski definition) is 0. The van der Waals surface area contributed by atoms with Gasteiger partial charge in [-0.2, -0.15) is 0 Å². The van der Waals surface area contributed by atoms with Gasteiger partial charge in [0.1, 0.15) is 24.1 Å². The monoisotopic (exact) mass is 430 g/mol. The molecule has 31 heavy (non-hydrogen) atoms. The van der Waals surface area contributed by atoms with Crippen molar-refractivity contribution in [2.75, 3.05) is 51.9 Å². The molecule has 0 bridgehead atoms. The number of aromatic nitrogens is 2. The van der Waals surface area contributed by atoms with Crippen molar-refractivity contribution in [3.8, 4) is 0 Å². The molecular formula is C23H31FN4O3. The van der Waals surface area contributed by atoms with Crippen LogP contribution in [0.4, 0.5) is 10.2 Å². The molecule has 0 aliphatic carbocycles. The van der Waals surface area contributed by atoms with Crippen molar-refractivity contribution in [1.82, 2.24) is 14.9 Å². The standard InChI is InChI=1S/C23H31FN4O3/c1-16(2)22-25-20(14-30-3)18(13-17-7-5-6-8-19(17)24)23(26-22)28-11-9-27(10-12-28)21(29)15-31-4/h5-8,16H,9-15H2,1-4H3. The lowest BCUT2D eigenvalue weighted by molar-refractivity contribution is -0.135. The first kappa shape index (κ1) is 23.1. The molecule has 8 heteroatoms. The van der Waals surface area contributed by atoms with E-state index in [1.54, 1.807) is 24.1 Å². The smallest absolute Gasteiger partial charge is 0.248 e. The molecule has 1 saturated heterocycles. The van der Waals surface area contributed by atoms with Gasteiger partial charge >= 0.3 is 0 Å². The molecule has 0 spiro atoms. The lowest BCUT2D eigenvalue weighted by Gasteiger charge is -2.36. The normalized spacial score (nSPS) is 14.4. The fraction of sp³-hybridized carbons (Fsp3) is 0.522. The second-order valence-corrected chi connectivity index (χ2v) is 7.99. The average molecular weight is 431 g/mol. The van der Waals surface area contributed by atoms with E-state index >= 15 is 0 Å². The van der Waals surface area contributed by atoms with Gasteiger partial charge in [0.2, 0.25) is 5.91 Å². The van der Waals surface area contributed by atoms with Crippen LogP contribution < -0.4 is 4.90 Å². The molecule has 3 rings (SSSR count). The van der Waals surface area contributed by atoms with Crippen LogP contribution in [0.1, 0.15) is 42.4 Å². The van der Waals surface area contributed by atoms with Gasteiger partial charge in [0.05, 0.1) is 12.3 Å². The SMILES string of the molecule is COCC(=O)N1CCN(c2nc(C(C)C)nc(COC)c2Cc2ccccc2F)CC1. The first-order valence-electron chi connectivity index (χ1n) is 10.6. The number of halogens is 1. The molecule has 1 amide bonds. The van der Waals surface area contributed by atoms with Crippen LogP contribution in [0.3, 0.4) is 0 Å². The Bertz CT molecular complexity index is 898. The second-order valence-electron chi connectivity index (χ2n) is 7.99. The molecule has 0 atom stereocenters. The summed E-state index contributed by atoms with van der Waals surface area (Å²) < 4.78 is 24.8. The molecule has 1 aromatic heterocycles. The largest absolute Gasteiger partial charge is 0.378 e. The van der Waals surface area contributed by atoms with Crippen LogP contribution in [0, 0.1) is 5.82 Å². The van der Waals surface area contributed by atoms with E-state index in [0.717, 1.165) is 22.9 Å². The van der Waals surface area contributed by atoms with Crippen LogP contribution in [0.25, 0.3) is 0 Å². The fourth-order valence-corrected chi connectivity index (χ4v) is 3.71. The molecule has 0 unspecified atom stereocenters. The van der Waals surface area contributed by atoms with Crippen molar-refractivity contribution >= 4 is 11.7 Å². The topological polar surface area (TPSA) is 67.8 Å². The highest BCUT2D eigenvalue weighted by molar-refractivity contribution is 5.77. The lowest BCUT2D eigenvalue weighted by atomic mass is 10.0. The number of piperazine rings is 1. The highest BCUT2D eigenvalue weighted by atomic mass is 19.1. The Morgan fingerprint density at radius 2 is 1.81 bits per heavy atom. The van der Waals surface area contributed by atoms with E-state index < -0.39 is 0 Å². The maximum atomic E-state index is 14.4. The van der Waals surface area contributed by atoms with Gasteiger partial charge in [0, 0.05) is 58.3 Å². The molecule has 2 aromatic rings. The average Bonchev–Trinajstić information content (AvgIpc) is 2.76. The Hall–Kier alpha value is -2.58. The summed E-state index contributed by atoms with van der Waals surface area (Å²) in [6, 6.07) is 6.77. The van der Waals surface area contributed by atoms with Crippen LogP contribution in [-0.2, 0) is 27.3 Å². The molecule has 1 fully saturated rings. The number of anilines is 1. The van der Waals surface area contributed by atoms with Crippen LogP contribution in [-0.4, -0.2) is 67.8 Å². The Kier molecular flexibility index (Phi) is 7.92. The molecule has 1 aliphatic rings. The summed E-state index contributed by atoms with van der Waals surface area (Å²) in [5, 5.41) is 0. The number of ether oxygens (including phenoxy) is 2. The second kappa shape index (κ2) is 10.6. The highest BCUT2D eigenvalue weighted by Gasteiger charge is 2.26.